The molecule has 2 heterocycles. The van der Waals surface area contributed by atoms with Crippen molar-refractivity contribution in [1.82, 2.24) is 30.2 Å². The Kier molecular flexibility index (Phi) is 4.79. The zero-order valence-corrected chi connectivity index (χ0v) is 18.0. The van der Waals surface area contributed by atoms with Gasteiger partial charge < -0.3 is 10.3 Å². The quantitative estimate of drug-likeness (QED) is 0.399. The number of nitrogens with one attached hydrogen (secondary N) is 2. The number of fused-ring (bicyclic) bond motifs is 1. The molecule has 2 N–H and O–H groups in total. The molecule has 5 aromatic rings. The summed E-state index contributed by atoms with van der Waals surface area (Å²) in [4.78, 5) is 20.9. The number of aromatic nitrogens is 6. The zero-order chi connectivity index (χ0) is 21.4. The largest absolute Gasteiger partial charge is 0.338 e. The Labute approximate surface area is 185 Å². The highest BCUT2D eigenvalue weighted by Gasteiger charge is 2.15. The summed E-state index contributed by atoms with van der Waals surface area (Å²) in [5.74, 6) is 0.519. The van der Waals surface area contributed by atoms with Crippen molar-refractivity contribution in [3.05, 3.63) is 82.6 Å². The average Bonchev–Trinajstić information content (AvgIpc) is 3.44. The Morgan fingerprint density at radius 3 is 2.68 bits per heavy atom. The third-order valence-corrected chi connectivity index (χ3v) is 5.35. The van der Waals surface area contributed by atoms with E-state index < -0.39 is 0 Å². The van der Waals surface area contributed by atoms with Gasteiger partial charge in [-0.15, -0.1) is 5.10 Å². The molecule has 0 bridgehead atoms. The number of amides is 1. The van der Waals surface area contributed by atoms with Crippen molar-refractivity contribution in [3.63, 3.8) is 0 Å². The fourth-order valence-electron chi connectivity index (χ4n) is 3.33. The Balaban J connectivity index is 1.40. The van der Waals surface area contributed by atoms with E-state index in [2.05, 4.69) is 52.8 Å². The Morgan fingerprint density at radius 2 is 1.90 bits per heavy atom. The zero-order valence-electron chi connectivity index (χ0n) is 16.4. The lowest BCUT2D eigenvalue weighted by atomic mass is 10.1. The van der Waals surface area contributed by atoms with Gasteiger partial charge in [0, 0.05) is 15.7 Å². The van der Waals surface area contributed by atoms with Crippen molar-refractivity contribution in [2.24, 2.45) is 0 Å². The summed E-state index contributed by atoms with van der Waals surface area (Å²) >= 11 is 3.42. The SMILES string of the molecule is Cc1ccc2nc(-c3ccc(NC(=O)c4cc(Br)ccc4-n4cnnn4)cc3)[nH]c2c1. The molecular formula is C22H16BrN7O. The Hall–Kier alpha value is -3.85. The van der Waals surface area contributed by atoms with Gasteiger partial charge in [-0.3, -0.25) is 4.79 Å². The van der Waals surface area contributed by atoms with Crippen LogP contribution in [0.3, 0.4) is 0 Å². The third-order valence-electron chi connectivity index (χ3n) is 4.85. The first-order valence-electron chi connectivity index (χ1n) is 9.48. The molecule has 152 valence electrons. The number of halogens is 1. The second-order valence-electron chi connectivity index (χ2n) is 7.05. The van der Waals surface area contributed by atoms with Crippen LogP contribution >= 0.6 is 15.9 Å². The topological polar surface area (TPSA) is 101 Å². The first-order chi connectivity index (χ1) is 15.1. The summed E-state index contributed by atoms with van der Waals surface area (Å²) in [7, 11) is 0. The molecule has 9 heteroatoms. The number of anilines is 1. The fourth-order valence-corrected chi connectivity index (χ4v) is 3.69. The number of rotatable bonds is 4. The molecule has 0 aliphatic carbocycles. The van der Waals surface area contributed by atoms with Crippen molar-refractivity contribution >= 4 is 38.6 Å². The van der Waals surface area contributed by atoms with Gasteiger partial charge in [-0.05, 0) is 77.5 Å². The van der Waals surface area contributed by atoms with Gasteiger partial charge in [0.15, 0.2) is 0 Å². The van der Waals surface area contributed by atoms with Gasteiger partial charge in [0.05, 0.1) is 22.3 Å². The fraction of sp³-hybridized carbons (Fsp3) is 0.0455. The number of hydrogen-bond donors (Lipinski definition) is 2. The molecule has 0 aliphatic rings. The molecule has 0 spiro atoms. The smallest absolute Gasteiger partial charge is 0.257 e. The summed E-state index contributed by atoms with van der Waals surface area (Å²) in [6.07, 6.45) is 1.45. The Bertz CT molecular complexity index is 1390. The van der Waals surface area contributed by atoms with Crippen molar-refractivity contribution < 1.29 is 4.79 Å². The van der Waals surface area contributed by atoms with Crippen LogP contribution in [0.5, 0.6) is 0 Å². The summed E-state index contributed by atoms with van der Waals surface area (Å²) in [6.45, 7) is 2.05. The van der Waals surface area contributed by atoms with E-state index in [1.807, 2.05) is 49.4 Å². The predicted octanol–water partition coefficient (Wildman–Crippen LogP) is 4.53. The monoisotopic (exact) mass is 473 g/mol. The maximum absolute atomic E-state index is 13.0. The molecule has 0 atom stereocenters. The van der Waals surface area contributed by atoms with Crippen molar-refractivity contribution in [3.8, 4) is 17.1 Å². The molecule has 8 nitrogen and oxygen atoms in total. The van der Waals surface area contributed by atoms with E-state index >= 15 is 0 Å². The van der Waals surface area contributed by atoms with Crippen LogP contribution in [-0.2, 0) is 0 Å². The van der Waals surface area contributed by atoms with Crippen molar-refractivity contribution in [2.75, 3.05) is 5.32 Å². The third kappa shape index (κ3) is 3.82. The van der Waals surface area contributed by atoms with E-state index in [0.717, 1.165) is 26.9 Å². The number of H-pyrrole nitrogens is 1. The lowest BCUT2D eigenvalue weighted by molar-refractivity contribution is 0.102. The maximum atomic E-state index is 13.0. The Morgan fingerprint density at radius 1 is 1.06 bits per heavy atom. The number of benzene rings is 3. The molecular weight excluding hydrogens is 458 g/mol. The van der Waals surface area contributed by atoms with Crippen LogP contribution in [0.25, 0.3) is 28.1 Å². The van der Waals surface area contributed by atoms with E-state index in [1.165, 1.54) is 16.6 Å². The van der Waals surface area contributed by atoms with Gasteiger partial charge in [-0.25, -0.2) is 4.98 Å². The second-order valence-corrected chi connectivity index (χ2v) is 7.97. The molecule has 0 fully saturated rings. The van der Waals surface area contributed by atoms with Crippen LogP contribution in [0.4, 0.5) is 5.69 Å². The minimum absolute atomic E-state index is 0.265. The van der Waals surface area contributed by atoms with E-state index in [9.17, 15) is 4.79 Å². The summed E-state index contributed by atoms with van der Waals surface area (Å²) in [5, 5.41) is 14.1. The van der Waals surface area contributed by atoms with Crippen molar-refractivity contribution in [1.29, 1.82) is 0 Å². The van der Waals surface area contributed by atoms with E-state index in [4.69, 9.17) is 0 Å². The number of tetrazole rings is 1. The molecule has 5 rings (SSSR count). The van der Waals surface area contributed by atoms with Crippen molar-refractivity contribution in [2.45, 2.75) is 6.92 Å². The first-order valence-corrected chi connectivity index (χ1v) is 10.3. The van der Waals surface area contributed by atoms with E-state index in [-0.39, 0.29) is 5.91 Å². The molecule has 0 saturated heterocycles. The van der Waals surface area contributed by atoms with Crippen LogP contribution < -0.4 is 5.32 Å². The number of hydrogen-bond acceptors (Lipinski definition) is 5. The van der Waals surface area contributed by atoms with Gasteiger partial charge in [0.2, 0.25) is 0 Å². The molecule has 1 amide bonds. The van der Waals surface area contributed by atoms with Gasteiger partial charge in [-0.2, -0.15) is 4.68 Å². The lowest BCUT2D eigenvalue weighted by Crippen LogP contribution is -2.15. The highest BCUT2D eigenvalue weighted by atomic mass is 79.9. The van der Waals surface area contributed by atoms with E-state index in [0.29, 0.717) is 16.9 Å². The second kappa shape index (κ2) is 7.77. The van der Waals surface area contributed by atoms with Gasteiger partial charge >= 0.3 is 0 Å². The van der Waals surface area contributed by atoms with Crippen LogP contribution in [0, 0.1) is 6.92 Å². The molecule has 0 unspecified atom stereocenters. The number of nitrogens with zero attached hydrogens (tertiary/aromatic N) is 5. The molecule has 0 saturated carbocycles. The minimum atomic E-state index is -0.265. The standard InChI is InChI=1S/C22H16BrN7O/c1-13-2-8-18-19(10-13)27-21(26-18)14-3-6-16(7-4-14)25-22(31)17-11-15(23)5-9-20(17)30-12-24-28-29-30/h2-12H,1H3,(H,25,31)(H,26,27). The minimum Gasteiger partial charge on any atom is -0.338 e. The number of carbonyl (C=O) groups is 1. The summed E-state index contributed by atoms with van der Waals surface area (Å²) < 4.78 is 2.23. The highest BCUT2D eigenvalue weighted by molar-refractivity contribution is 9.10. The number of aromatic amines is 1. The first kappa shape index (κ1) is 19.1. The van der Waals surface area contributed by atoms with E-state index in [1.54, 1.807) is 12.1 Å². The van der Waals surface area contributed by atoms with Gasteiger partial charge in [0.1, 0.15) is 12.2 Å². The van der Waals surface area contributed by atoms with Gasteiger partial charge in [-0.1, -0.05) is 22.0 Å². The van der Waals surface area contributed by atoms with Gasteiger partial charge in [0.25, 0.3) is 5.91 Å². The lowest BCUT2D eigenvalue weighted by Gasteiger charge is -2.10. The predicted molar refractivity (Wildman–Crippen MR) is 121 cm³/mol. The maximum Gasteiger partial charge on any atom is 0.257 e. The number of aryl methyl sites for hydroxylation is 1. The summed E-state index contributed by atoms with van der Waals surface area (Å²) in [6, 6.07) is 19.0. The highest BCUT2D eigenvalue weighted by Crippen LogP contribution is 2.24. The normalized spacial score (nSPS) is 11.0. The molecule has 2 aromatic heterocycles. The number of carbonyl (C=O) groups excluding carboxylic acids is 1. The van der Waals surface area contributed by atoms with Crippen LogP contribution in [0.1, 0.15) is 15.9 Å². The van der Waals surface area contributed by atoms with Crippen LogP contribution in [-0.4, -0.2) is 36.1 Å². The number of imidazole rings is 1. The molecule has 0 aliphatic heterocycles. The summed E-state index contributed by atoms with van der Waals surface area (Å²) in [5.41, 5.74) is 5.72. The molecule has 31 heavy (non-hydrogen) atoms. The molecule has 3 aromatic carbocycles. The van der Waals surface area contributed by atoms with Crippen LogP contribution in [0.15, 0.2) is 71.5 Å². The average molecular weight is 474 g/mol. The van der Waals surface area contributed by atoms with Crippen LogP contribution in [0.2, 0.25) is 0 Å². The molecule has 0 radical (unpaired) electrons.